The molecule has 92 valence electrons. The molecule has 6 nitrogen and oxygen atoms in total. The summed E-state index contributed by atoms with van der Waals surface area (Å²) in [6.45, 7) is 0.0834. The van der Waals surface area contributed by atoms with E-state index in [1.165, 1.54) is 12.4 Å². The van der Waals surface area contributed by atoms with Crippen LogP contribution in [0.25, 0.3) is 0 Å². The van der Waals surface area contributed by atoms with Crippen LogP contribution >= 0.6 is 0 Å². The van der Waals surface area contributed by atoms with Crippen molar-refractivity contribution in [3.8, 4) is 6.01 Å². The van der Waals surface area contributed by atoms with E-state index in [0.717, 1.165) is 4.90 Å². The number of carbonyl (C=O) groups is 1. The maximum atomic E-state index is 13.7. The Morgan fingerprint density at radius 3 is 2.82 bits per heavy atom. The lowest BCUT2D eigenvalue weighted by Gasteiger charge is -2.32. The topological polar surface area (TPSA) is 75.5 Å². The van der Waals surface area contributed by atoms with Crippen LogP contribution in [0.2, 0.25) is 0 Å². The molecule has 2 heterocycles. The molecule has 0 bridgehead atoms. The van der Waals surface area contributed by atoms with Gasteiger partial charge in [0.15, 0.2) is 6.17 Å². The Labute approximate surface area is 97.0 Å². The fraction of sp³-hybridized carbons (Fsp3) is 0.500. The van der Waals surface area contributed by atoms with Crippen LogP contribution < -0.4 is 4.74 Å². The van der Waals surface area contributed by atoms with Gasteiger partial charge in [0, 0.05) is 25.4 Å². The number of carboxylic acid groups (broad SMARTS) is 1. The van der Waals surface area contributed by atoms with E-state index in [9.17, 15) is 9.18 Å². The lowest BCUT2D eigenvalue weighted by molar-refractivity contribution is 0.0201. The number of piperidine rings is 1. The molecule has 1 amide bonds. The van der Waals surface area contributed by atoms with Crippen LogP contribution in [0.3, 0.4) is 0 Å². The molecule has 1 aliphatic heterocycles. The van der Waals surface area contributed by atoms with Crippen molar-refractivity contribution in [3.63, 3.8) is 0 Å². The van der Waals surface area contributed by atoms with E-state index in [-0.39, 0.29) is 19.1 Å². The van der Waals surface area contributed by atoms with Gasteiger partial charge in [-0.15, -0.1) is 0 Å². The molecule has 1 aromatic rings. The van der Waals surface area contributed by atoms with Crippen molar-refractivity contribution in [2.24, 2.45) is 0 Å². The normalized spacial score (nSPS) is 24.4. The monoisotopic (exact) mass is 241 g/mol. The molecular formula is C10H12FN3O3. The minimum atomic E-state index is -1.36. The van der Waals surface area contributed by atoms with Crippen molar-refractivity contribution < 1.29 is 19.0 Å². The van der Waals surface area contributed by atoms with Crippen LogP contribution in [0.5, 0.6) is 6.01 Å². The van der Waals surface area contributed by atoms with Gasteiger partial charge in [-0.3, -0.25) is 0 Å². The van der Waals surface area contributed by atoms with Gasteiger partial charge < -0.3 is 14.7 Å². The van der Waals surface area contributed by atoms with Crippen molar-refractivity contribution in [1.29, 1.82) is 0 Å². The van der Waals surface area contributed by atoms with Gasteiger partial charge in [0.05, 0.1) is 6.54 Å². The van der Waals surface area contributed by atoms with Crippen molar-refractivity contribution in [2.75, 3.05) is 13.1 Å². The van der Waals surface area contributed by atoms with E-state index in [1.54, 1.807) is 6.07 Å². The average Bonchev–Trinajstić information content (AvgIpc) is 2.33. The molecule has 7 heteroatoms. The summed E-state index contributed by atoms with van der Waals surface area (Å²) < 4.78 is 18.9. The molecule has 1 aliphatic rings. The number of aromatic nitrogens is 2. The standard InChI is InChI=1S/C10H12FN3O3/c11-7-6-14(10(15)16)5-2-8(7)17-9-12-3-1-4-13-9/h1,3-4,7-8H,2,5-6H2,(H,15,16)/t7-,8+/m1/s1. The molecule has 0 aromatic carbocycles. The van der Waals surface area contributed by atoms with Crippen LogP contribution in [-0.2, 0) is 0 Å². The van der Waals surface area contributed by atoms with Gasteiger partial charge in [-0.2, -0.15) is 0 Å². The van der Waals surface area contributed by atoms with E-state index in [2.05, 4.69) is 9.97 Å². The first-order chi connectivity index (χ1) is 8.16. The van der Waals surface area contributed by atoms with Crippen molar-refractivity contribution in [3.05, 3.63) is 18.5 Å². The molecule has 0 radical (unpaired) electrons. The fourth-order valence-corrected chi connectivity index (χ4v) is 1.67. The van der Waals surface area contributed by atoms with Crippen molar-refractivity contribution in [2.45, 2.75) is 18.7 Å². The number of ether oxygens (including phenoxy) is 1. The molecule has 1 saturated heterocycles. The summed E-state index contributed by atoms with van der Waals surface area (Å²) in [7, 11) is 0. The van der Waals surface area contributed by atoms with Gasteiger partial charge in [-0.1, -0.05) is 0 Å². The highest BCUT2D eigenvalue weighted by Gasteiger charge is 2.33. The third kappa shape index (κ3) is 2.80. The third-order valence-electron chi connectivity index (χ3n) is 2.55. The van der Waals surface area contributed by atoms with Crippen LogP contribution in [0, 0.1) is 0 Å². The highest BCUT2D eigenvalue weighted by molar-refractivity contribution is 5.65. The average molecular weight is 241 g/mol. The molecule has 0 unspecified atom stereocenters. The Hall–Kier alpha value is -1.92. The summed E-state index contributed by atoms with van der Waals surface area (Å²) in [5.41, 5.74) is 0. The Balaban J connectivity index is 1.94. The quantitative estimate of drug-likeness (QED) is 0.834. The van der Waals surface area contributed by atoms with Gasteiger partial charge >= 0.3 is 12.1 Å². The number of hydrogen-bond donors (Lipinski definition) is 1. The van der Waals surface area contributed by atoms with E-state index in [0.29, 0.717) is 6.42 Å². The maximum Gasteiger partial charge on any atom is 0.407 e. The van der Waals surface area contributed by atoms with Crippen LogP contribution in [0.15, 0.2) is 18.5 Å². The number of amides is 1. The largest absolute Gasteiger partial charge is 0.465 e. The number of nitrogens with zero attached hydrogens (tertiary/aromatic N) is 3. The SMILES string of the molecule is O=C(O)N1CC[C@H](Oc2ncccn2)[C@H](F)C1. The van der Waals surface area contributed by atoms with Gasteiger partial charge in [-0.25, -0.2) is 19.2 Å². The van der Waals surface area contributed by atoms with Gasteiger partial charge in [-0.05, 0) is 6.07 Å². The lowest BCUT2D eigenvalue weighted by Crippen LogP contribution is -2.48. The number of rotatable bonds is 2. The first kappa shape index (κ1) is 11.6. The van der Waals surface area contributed by atoms with E-state index in [4.69, 9.17) is 9.84 Å². The highest BCUT2D eigenvalue weighted by Crippen LogP contribution is 2.18. The number of hydrogen-bond acceptors (Lipinski definition) is 4. The van der Waals surface area contributed by atoms with Crippen molar-refractivity contribution >= 4 is 6.09 Å². The Morgan fingerprint density at radius 1 is 1.53 bits per heavy atom. The molecule has 0 spiro atoms. The molecule has 0 aliphatic carbocycles. The lowest BCUT2D eigenvalue weighted by atomic mass is 10.1. The summed E-state index contributed by atoms with van der Waals surface area (Å²) >= 11 is 0. The van der Waals surface area contributed by atoms with Crippen LogP contribution in [-0.4, -0.2) is 51.4 Å². The smallest absolute Gasteiger partial charge is 0.407 e. The molecule has 2 rings (SSSR count). The Morgan fingerprint density at radius 2 is 2.24 bits per heavy atom. The summed E-state index contributed by atoms with van der Waals surface area (Å²) in [6.07, 6.45) is 0.147. The summed E-state index contributed by atoms with van der Waals surface area (Å²) in [6, 6.07) is 1.75. The predicted molar refractivity (Wildman–Crippen MR) is 55.6 cm³/mol. The van der Waals surface area contributed by atoms with E-state index in [1.807, 2.05) is 0 Å². The van der Waals surface area contributed by atoms with Gasteiger partial charge in [0.2, 0.25) is 0 Å². The molecule has 1 aromatic heterocycles. The predicted octanol–water partition coefficient (Wildman–Crippen LogP) is 0.946. The van der Waals surface area contributed by atoms with Gasteiger partial charge in [0.1, 0.15) is 6.10 Å². The molecular weight excluding hydrogens is 229 g/mol. The number of alkyl halides is 1. The zero-order chi connectivity index (χ0) is 12.3. The first-order valence-corrected chi connectivity index (χ1v) is 5.22. The first-order valence-electron chi connectivity index (χ1n) is 5.22. The Bertz CT molecular complexity index is 390. The van der Waals surface area contributed by atoms with E-state index < -0.39 is 18.4 Å². The molecule has 1 fully saturated rings. The van der Waals surface area contributed by atoms with Crippen LogP contribution in [0.4, 0.5) is 9.18 Å². The summed E-state index contributed by atoms with van der Waals surface area (Å²) in [5, 5.41) is 8.73. The minimum Gasteiger partial charge on any atom is -0.465 e. The zero-order valence-corrected chi connectivity index (χ0v) is 8.99. The summed E-state index contributed by atoms with van der Waals surface area (Å²) in [5.74, 6) is 0. The van der Waals surface area contributed by atoms with E-state index >= 15 is 0 Å². The number of halogens is 1. The molecule has 2 atom stereocenters. The number of likely N-dealkylation sites (tertiary alicyclic amines) is 1. The maximum absolute atomic E-state index is 13.7. The van der Waals surface area contributed by atoms with Crippen molar-refractivity contribution in [1.82, 2.24) is 14.9 Å². The van der Waals surface area contributed by atoms with Crippen LogP contribution in [0.1, 0.15) is 6.42 Å². The minimum absolute atomic E-state index is 0.115. The fourth-order valence-electron chi connectivity index (χ4n) is 1.67. The third-order valence-corrected chi connectivity index (χ3v) is 2.55. The molecule has 17 heavy (non-hydrogen) atoms. The highest BCUT2D eigenvalue weighted by atomic mass is 19.1. The molecule has 1 N–H and O–H groups in total. The Kier molecular flexibility index (Phi) is 3.36. The second kappa shape index (κ2) is 4.94. The second-order valence-corrected chi connectivity index (χ2v) is 3.72. The van der Waals surface area contributed by atoms with Gasteiger partial charge in [0.25, 0.3) is 0 Å². The zero-order valence-electron chi connectivity index (χ0n) is 8.99. The molecule has 0 saturated carbocycles. The summed E-state index contributed by atoms with van der Waals surface area (Å²) in [4.78, 5) is 19.4. The second-order valence-electron chi connectivity index (χ2n) is 3.72.